The Bertz CT molecular complexity index is 171. The van der Waals surface area contributed by atoms with Gasteiger partial charge in [-0.05, 0) is 6.42 Å². The van der Waals surface area contributed by atoms with Crippen LogP contribution in [0.15, 0.2) is 0 Å². The number of fused-ring (bicyclic) bond motifs is 1. The third kappa shape index (κ3) is 1.12. The van der Waals surface area contributed by atoms with Crippen molar-refractivity contribution in [2.24, 2.45) is 0 Å². The predicted octanol–water partition coefficient (Wildman–Crippen LogP) is -0.410. The number of aliphatic carboxylic acids is 1. The highest BCUT2D eigenvalue weighted by Crippen LogP contribution is 2.24. The summed E-state index contributed by atoms with van der Waals surface area (Å²) in [5.74, 6) is -0.761. The number of carbonyl (C=O) groups is 1. The molecule has 2 aliphatic rings. The minimum absolute atomic E-state index is 0.149. The summed E-state index contributed by atoms with van der Waals surface area (Å²) in [7, 11) is 0. The number of nitrogens with one attached hydrogen (secondary N) is 1. The average molecular weight is 157 g/mol. The van der Waals surface area contributed by atoms with Crippen molar-refractivity contribution < 1.29 is 14.6 Å². The highest BCUT2D eigenvalue weighted by molar-refractivity contribution is 5.74. The van der Waals surface area contributed by atoms with Crippen molar-refractivity contribution >= 4 is 5.97 Å². The first-order valence-corrected chi connectivity index (χ1v) is 3.88. The maximum absolute atomic E-state index is 10.5. The van der Waals surface area contributed by atoms with E-state index in [-0.39, 0.29) is 18.2 Å². The Kier molecular flexibility index (Phi) is 1.58. The molecule has 0 radical (unpaired) electrons. The van der Waals surface area contributed by atoms with Crippen molar-refractivity contribution in [3.05, 3.63) is 0 Å². The molecule has 62 valence electrons. The molecule has 0 bridgehead atoms. The van der Waals surface area contributed by atoms with Crippen LogP contribution in [-0.2, 0) is 9.53 Å². The fourth-order valence-electron chi connectivity index (χ4n) is 1.80. The molecule has 2 heterocycles. The van der Waals surface area contributed by atoms with E-state index in [1.807, 2.05) is 0 Å². The summed E-state index contributed by atoms with van der Waals surface area (Å²) in [4.78, 5) is 10.5. The second kappa shape index (κ2) is 2.46. The van der Waals surface area contributed by atoms with Gasteiger partial charge in [0.25, 0.3) is 0 Å². The number of hydrogen-bond acceptors (Lipinski definition) is 3. The zero-order valence-corrected chi connectivity index (χ0v) is 6.12. The van der Waals surface area contributed by atoms with E-state index >= 15 is 0 Å². The van der Waals surface area contributed by atoms with E-state index in [1.165, 1.54) is 0 Å². The first kappa shape index (κ1) is 7.06. The zero-order valence-electron chi connectivity index (χ0n) is 6.12. The number of rotatable bonds is 1. The van der Waals surface area contributed by atoms with Gasteiger partial charge in [-0.15, -0.1) is 0 Å². The summed E-state index contributed by atoms with van der Waals surface area (Å²) >= 11 is 0. The van der Waals surface area contributed by atoms with Crippen molar-refractivity contribution in [2.45, 2.75) is 31.0 Å². The van der Waals surface area contributed by atoms with Gasteiger partial charge in [-0.2, -0.15) is 0 Å². The minimum atomic E-state index is -0.761. The largest absolute Gasteiger partial charge is 0.480 e. The van der Waals surface area contributed by atoms with Crippen molar-refractivity contribution in [2.75, 3.05) is 6.61 Å². The SMILES string of the molecule is O=C(O)[C@@H]1C[C@@H]2OCC[C@@H]2N1. The molecule has 0 saturated carbocycles. The van der Waals surface area contributed by atoms with Crippen molar-refractivity contribution in [3.8, 4) is 0 Å². The molecule has 4 nitrogen and oxygen atoms in total. The smallest absolute Gasteiger partial charge is 0.320 e. The van der Waals surface area contributed by atoms with Gasteiger partial charge in [-0.3, -0.25) is 10.1 Å². The van der Waals surface area contributed by atoms with E-state index in [2.05, 4.69) is 5.32 Å². The molecule has 11 heavy (non-hydrogen) atoms. The summed E-state index contributed by atoms with van der Waals surface area (Å²) < 4.78 is 5.33. The van der Waals surface area contributed by atoms with E-state index in [0.29, 0.717) is 6.42 Å². The normalized spacial score (nSPS) is 42.4. The van der Waals surface area contributed by atoms with Crippen LogP contribution in [-0.4, -0.2) is 35.9 Å². The number of hydrogen-bond donors (Lipinski definition) is 2. The van der Waals surface area contributed by atoms with Gasteiger partial charge < -0.3 is 9.84 Å². The van der Waals surface area contributed by atoms with Gasteiger partial charge in [0.2, 0.25) is 0 Å². The molecule has 0 spiro atoms. The lowest BCUT2D eigenvalue weighted by molar-refractivity contribution is -0.139. The molecule has 2 fully saturated rings. The van der Waals surface area contributed by atoms with E-state index in [0.717, 1.165) is 13.0 Å². The molecule has 0 aromatic heterocycles. The first-order chi connectivity index (χ1) is 5.27. The summed E-state index contributed by atoms with van der Waals surface area (Å²) in [5.41, 5.74) is 0. The summed E-state index contributed by atoms with van der Waals surface area (Å²) in [5, 5.41) is 11.7. The molecular formula is C7H11NO3. The monoisotopic (exact) mass is 157 g/mol. The van der Waals surface area contributed by atoms with E-state index in [9.17, 15) is 4.79 Å². The Hall–Kier alpha value is -0.610. The molecule has 2 rings (SSSR count). The van der Waals surface area contributed by atoms with Crippen LogP contribution in [0, 0.1) is 0 Å². The minimum Gasteiger partial charge on any atom is -0.480 e. The predicted molar refractivity (Wildman–Crippen MR) is 37.3 cm³/mol. The highest BCUT2D eigenvalue weighted by Gasteiger charge is 2.40. The molecule has 4 heteroatoms. The van der Waals surface area contributed by atoms with Gasteiger partial charge in [-0.1, -0.05) is 0 Å². The third-order valence-electron chi connectivity index (χ3n) is 2.39. The van der Waals surface area contributed by atoms with Crippen LogP contribution in [0.4, 0.5) is 0 Å². The Morgan fingerprint density at radius 1 is 1.64 bits per heavy atom. The van der Waals surface area contributed by atoms with Gasteiger partial charge in [0.1, 0.15) is 6.04 Å². The maximum atomic E-state index is 10.5. The topological polar surface area (TPSA) is 58.6 Å². The van der Waals surface area contributed by atoms with Gasteiger partial charge in [-0.25, -0.2) is 0 Å². The average Bonchev–Trinajstić information content (AvgIpc) is 2.40. The Balaban J connectivity index is 1.99. The van der Waals surface area contributed by atoms with E-state index < -0.39 is 5.97 Å². The van der Waals surface area contributed by atoms with Crippen LogP contribution in [0.3, 0.4) is 0 Å². The molecule has 0 aromatic carbocycles. The quantitative estimate of drug-likeness (QED) is 0.543. The lowest BCUT2D eigenvalue weighted by Crippen LogP contribution is -2.35. The Morgan fingerprint density at radius 3 is 3.09 bits per heavy atom. The van der Waals surface area contributed by atoms with Crippen molar-refractivity contribution in [1.82, 2.24) is 5.32 Å². The number of ether oxygens (including phenoxy) is 1. The number of carboxylic acids is 1. The summed E-state index contributed by atoms with van der Waals surface area (Å²) in [6.07, 6.45) is 1.73. The third-order valence-corrected chi connectivity index (χ3v) is 2.39. The van der Waals surface area contributed by atoms with Crippen molar-refractivity contribution in [1.29, 1.82) is 0 Å². The van der Waals surface area contributed by atoms with E-state index in [1.54, 1.807) is 0 Å². The fourth-order valence-corrected chi connectivity index (χ4v) is 1.80. The van der Waals surface area contributed by atoms with Gasteiger partial charge in [0.15, 0.2) is 0 Å². The van der Waals surface area contributed by atoms with Crippen LogP contribution < -0.4 is 5.32 Å². The van der Waals surface area contributed by atoms with Crippen LogP contribution in [0.25, 0.3) is 0 Å². The fraction of sp³-hybridized carbons (Fsp3) is 0.857. The molecule has 2 saturated heterocycles. The summed E-state index contributed by atoms with van der Waals surface area (Å²) in [6.45, 7) is 0.772. The van der Waals surface area contributed by atoms with E-state index in [4.69, 9.17) is 9.84 Å². The molecule has 3 atom stereocenters. The Labute approximate surface area is 64.5 Å². The molecule has 0 aliphatic carbocycles. The second-order valence-corrected chi connectivity index (χ2v) is 3.10. The molecule has 2 aliphatic heterocycles. The van der Waals surface area contributed by atoms with Crippen LogP contribution in [0.1, 0.15) is 12.8 Å². The molecular weight excluding hydrogens is 146 g/mol. The molecule has 0 aromatic rings. The number of carboxylic acid groups (broad SMARTS) is 1. The van der Waals surface area contributed by atoms with Crippen molar-refractivity contribution in [3.63, 3.8) is 0 Å². The molecule has 0 unspecified atom stereocenters. The Morgan fingerprint density at radius 2 is 2.45 bits per heavy atom. The maximum Gasteiger partial charge on any atom is 0.320 e. The summed E-state index contributed by atoms with van der Waals surface area (Å²) in [6, 6.07) is -0.0959. The van der Waals surface area contributed by atoms with Gasteiger partial charge >= 0.3 is 5.97 Å². The lowest BCUT2D eigenvalue weighted by Gasteiger charge is -2.05. The zero-order chi connectivity index (χ0) is 7.84. The van der Waals surface area contributed by atoms with Crippen LogP contribution in [0.5, 0.6) is 0 Å². The first-order valence-electron chi connectivity index (χ1n) is 3.88. The lowest BCUT2D eigenvalue weighted by atomic mass is 10.1. The van der Waals surface area contributed by atoms with Crippen LogP contribution >= 0.6 is 0 Å². The molecule has 0 amide bonds. The van der Waals surface area contributed by atoms with Gasteiger partial charge in [0.05, 0.1) is 6.10 Å². The standard InChI is InChI=1S/C7H11NO3/c9-7(10)5-3-6-4(8-5)1-2-11-6/h4-6,8H,1-3H2,(H,9,10)/t4-,5-,6-/m0/s1. The van der Waals surface area contributed by atoms with Gasteiger partial charge in [0, 0.05) is 19.1 Å². The van der Waals surface area contributed by atoms with Crippen LogP contribution in [0.2, 0.25) is 0 Å². The highest BCUT2D eigenvalue weighted by atomic mass is 16.5. The molecule has 2 N–H and O–H groups in total. The second-order valence-electron chi connectivity index (χ2n) is 3.10.